The topological polar surface area (TPSA) is 55.8 Å². The zero-order valence-corrected chi connectivity index (χ0v) is 19.8. The van der Waals surface area contributed by atoms with Crippen LogP contribution in [0.5, 0.6) is 0 Å². The van der Waals surface area contributed by atoms with Gasteiger partial charge in [0.2, 0.25) is 0 Å². The fourth-order valence-corrected chi connectivity index (χ4v) is 3.03. The molecule has 0 heterocycles. The monoisotopic (exact) mass is 417 g/mol. The van der Waals surface area contributed by atoms with Crippen LogP contribution in [0, 0.1) is 5.92 Å². The Balaban J connectivity index is 2.79. The van der Waals surface area contributed by atoms with Crippen molar-refractivity contribution in [3.63, 3.8) is 0 Å². The summed E-state index contributed by atoms with van der Waals surface area (Å²) in [6, 6.07) is 8.22. The van der Waals surface area contributed by atoms with Crippen molar-refractivity contribution in [2.45, 2.75) is 78.4 Å². The third-order valence-electron chi connectivity index (χ3n) is 4.34. The molecule has 0 spiro atoms. The van der Waals surface area contributed by atoms with E-state index in [0.717, 1.165) is 12.0 Å². The van der Waals surface area contributed by atoms with Crippen LogP contribution in [0.25, 0.3) is 0 Å². The van der Waals surface area contributed by atoms with E-state index in [1.54, 1.807) is 11.9 Å². The normalized spacial score (nSPS) is 12.8. The van der Waals surface area contributed by atoms with Crippen molar-refractivity contribution in [1.29, 1.82) is 0 Å². The van der Waals surface area contributed by atoms with Gasteiger partial charge in [0.1, 0.15) is 11.2 Å². The number of hydrogen-bond acceptors (Lipinski definition) is 4. The Morgan fingerprint density at radius 1 is 1.07 bits per heavy atom. The minimum atomic E-state index is -0.534. The number of hydrogen-bond donors (Lipinski definition) is 0. The standard InChI is InChI=1S/C25H39NO4/c1-9-12-19-13-10-14-20(17-19)18-21(22(27)29-24(2,3)4)15-11-16-26(8)23(28)30-25(5,6)7/h9-10,13-14,17,21H,1,11-12,15-16,18H2,2-8H3. The second kappa shape index (κ2) is 11.2. The second-order valence-electron chi connectivity index (χ2n) is 9.79. The third-order valence-corrected chi connectivity index (χ3v) is 4.34. The van der Waals surface area contributed by atoms with E-state index in [9.17, 15) is 9.59 Å². The van der Waals surface area contributed by atoms with Gasteiger partial charge < -0.3 is 14.4 Å². The van der Waals surface area contributed by atoms with E-state index >= 15 is 0 Å². The first kappa shape index (κ1) is 25.7. The Labute approximate surface area is 182 Å². The van der Waals surface area contributed by atoms with E-state index < -0.39 is 11.2 Å². The van der Waals surface area contributed by atoms with E-state index in [2.05, 4.69) is 18.7 Å². The van der Waals surface area contributed by atoms with Crippen molar-refractivity contribution in [3.8, 4) is 0 Å². The third kappa shape index (κ3) is 10.5. The lowest BCUT2D eigenvalue weighted by atomic mass is 9.93. The first-order valence-electron chi connectivity index (χ1n) is 10.7. The van der Waals surface area contributed by atoms with Crippen LogP contribution in [-0.4, -0.2) is 41.8 Å². The van der Waals surface area contributed by atoms with Gasteiger partial charge >= 0.3 is 12.1 Å². The van der Waals surface area contributed by atoms with Gasteiger partial charge in [0, 0.05) is 13.6 Å². The van der Waals surface area contributed by atoms with Crippen molar-refractivity contribution in [2.75, 3.05) is 13.6 Å². The highest BCUT2D eigenvalue weighted by atomic mass is 16.6. The summed E-state index contributed by atoms with van der Waals surface area (Å²) in [5.74, 6) is -0.466. The predicted molar refractivity (Wildman–Crippen MR) is 121 cm³/mol. The Hall–Kier alpha value is -2.30. The molecule has 1 aromatic carbocycles. The number of carbonyl (C=O) groups is 2. The van der Waals surface area contributed by atoms with E-state index in [4.69, 9.17) is 9.47 Å². The average Bonchev–Trinajstić information content (AvgIpc) is 2.58. The lowest BCUT2D eigenvalue weighted by molar-refractivity contribution is -0.160. The Morgan fingerprint density at radius 2 is 1.67 bits per heavy atom. The summed E-state index contributed by atoms with van der Waals surface area (Å²) in [6.07, 6.45) is 4.24. The van der Waals surface area contributed by atoms with Gasteiger partial charge in [-0.15, -0.1) is 6.58 Å². The average molecular weight is 418 g/mol. The summed E-state index contributed by atoms with van der Waals surface area (Å²) in [4.78, 5) is 26.5. The molecule has 5 heteroatoms. The van der Waals surface area contributed by atoms with Crippen LogP contribution in [-0.2, 0) is 27.1 Å². The van der Waals surface area contributed by atoms with Gasteiger partial charge in [0.25, 0.3) is 0 Å². The smallest absolute Gasteiger partial charge is 0.410 e. The van der Waals surface area contributed by atoms with Gasteiger partial charge in [-0.25, -0.2) is 4.79 Å². The van der Waals surface area contributed by atoms with Crippen molar-refractivity contribution in [1.82, 2.24) is 4.90 Å². The van der Waals surface area contributed by atoms with Gasteiger partial charge in [-0.2, -0.15) is 0 Å². The SMILES string of the molecule is C=CCc1cccc(CC(CCCN(C)C(=O)OC(C)(C)C)C(=O)OC(C)(C)C)c1. The summed E-state index contributed by atoms with van der Waals surface area (Å²) in [7, 11) is 1.72. The fraction of sp³-hybridized carbons (Fsp3) is 0.600. The lowest BCUT2D eigenvalue weighted by Crippen LogP contribution is -2.35. The lowest BCUT2D eigenvalue weighted by Gasteiger charge is -2.26. The maximum atomic E-state index is 12.8. The number of rotatable bonds is 9. The summed E-state index contributed by atoms with van der Waals surface area (Å²) >= 11 is 0. The van der Waals surface area contributed by atoms with Gasteiger partial charge in [0.15, 0.2) is 0 Å². The van der Waals surface area contributed by atoms with Crippen LogP contribution >= 0.6 is 0 Å². The highest BCUT2D eigenvalue weighted by Crippen LogP contribution is 2.21. The molecule has 0 N–H and O–H groups in total. The van der Waals surface area contributed by atoms with Gasteiger partial charge in [0.05, 0.1) is 5.92 Å². The number of amides is 1. The molecule has 0 bridgehead atoms. The molecule has 0 fully saturated rings. The molecule has 168 valence electrons. The van der Waals surface area contributed by atoms with Gasteiger partial charge in [-0.05, 0) is 78.4 Å². The maximum Gasteiger partial charge on any atom is 0.410 e. The Morgan fingerprint density at radius 3 is 2.23 bits per heavy atom. The number of carbonyl (C=O) groups excluding carboxylic acids is 2. The first-order valence-corrected chi connectivity index (χ1v) is 10.7. The van der Waals surface area contributed by atoms with Crippen LogP contribution in [0.1, 0.15) is 65.5 Å². The van der Waals surface area contributed by atoms with Crippen LogP contribution < -0.4 is 0 Å². The molecule has 0 aromatic heterocycles. The van der Waals surface area contributed by atoms with Crippen molar-refractivity contribution in [2.24, 2.45) is 5.92 Å². The molecule has 1 unspecified atom stereocenters. The largest absolute Gasteiger partial charge is 0.460 e. The molecule has 0 aliphatic rings. The van der Waals surface area contributed by atoms with Crippen LogP contribution in [0.4, 0.5) is 4.79 Å². The van der Waals surface area contributed by atoms with Crippen molar-refractivity contribution >= 4 is 12.1 Å². The molecule has 0 saturated carbocycles. The molecule has 0 aliphatic carbocycles. The zero-order chi connectivity index (χ0) is 22.9. The summed E-state index contributed by atoms with van der Waals surface area (Å²) in [6.45, 7) is 15.5. The number of nitrogens with zero attached hydrogens (tertiary/aromatic N) is 1. The molecule has 30 heavy (non-hydrogen) atoms. The molecule has 1 rings (SSSR count). The number of allylic oxidation sites excluding steroid dienone is 1. The highest BCUT2D eigenvalue weighted by molar-refractivity contribution is 5.73. The van der Waals surface area contributed by atoms with Crippen LogP contribution in [0.2, 0.25) is 0 Å². The van der Waals surface area contributed by atoms with Crippen LogP contribution in [0.15, 0.2) is 36.9 Å². The Kier molecular flexibility index (Phi) is 9.60. The van der Waals surface area contributed by atoms with E-state index in [1.165, 1.54) is 5.56 Å². The maximum absolute atomic E-state index is 12.8. The molecule has 5 nitrogen and oxygen atoms in total. The zero-order valence-electron chi connectivity index (χ0n) is 19.8. The van der Waals surface area contributed by atoms with E-state index in [0.29, 0.717) is 25.8 Å². The van der Waals surface area contributed by atoms with Gasteiger partial charge in [-0.3, -0.25) is 4.79 Å². The molecule has 0 aliphatic heterocycles. The minimum Gasteiger partial charge on any atom is -0.460 e. The molecule has 1 amide bonds. The molecule has 0 saturated heterocycles. The summed E-state index contributed by atoms with van der Waals surface area (Å²) in [5.41, 5.74) is 1.22. The molecule has 1 atom stereocenters. The minimum absolute atomic E-state index is 0.198. The Bertz CT molecular complexity index is 713. The molecule has 0 radical (unpaired) electrons. The van der Waals surface area contributed by atoms with E-state index in [-0.39, 0.29) is 18.0 Å². The fourth-order valence-electron chi connectivity index (χ4n) is 3.03. The predicted octanol–water partition coefficient (Wildman–Crippen LogP) is 5.56. The molecular formula is C25H39NO4. The van der Waals surface area contributed by atoms with Crippen molar-refractivity contribution in [3.05, 3.63) is 48.0 Å². The highest BCUT2D eigenvalue weighted by Gasteiger charge is 2.26. The number of benzene rings is 1. The number of esters is 1. The van der Waals surface area contributed by atoms with E-state index in [1.807, 2.05) is 59.8 Å². The van der Waals surface area contributed by atoms with Crippen molar-refractivity contribution < 1.29 is 19.1 Å². The summed E-state index contributed by atoms with van der Waals surface area (Å²) in [5, 5.41) is 0. The second-order valence-corrected chi connectivity index (χ2v) is 9.79. The first-order chi connectivity index (χ1) is 13.8. The molecular weight excluding hydrogens is 378 g/mol. The molecule has 1 aromatic rings. The quantitative estimate of drug-likeness (QED) is 0.390. The van der Waals surface area contributed by atoms with Crippen LogP contribution in [0.3, 0.4) is 0 Å². The number of ether oxygens (including phenoxy) is 2. The van der Waals surface area contributed by atoms with Gasteiger partial charge in [-0.1, -0.05) is 30.3 Å². The summed E-state index contributed by atoms with van der Waals surface area (Å²) < 4.78 is 11.0.